The summed E-state index contributed by atoms with van der Waals surface area (Å²) in [5.41, 5.74) is 0.960. The van der Waals surface area contributed by atoms with Gasteiger partial charge in [-0.1, -0.05) is 43.3 Å². The van der Waals surface area contributed by atoms with Gasteiger partial charge >= 0.3 is 0 Å². The molecule has 1 N–H and O–H groups in total. The van der Waals surface area contributed by atoms with Crippen LogP contribution in [0.4, 0.5) is 5.69 Å². The number of amides is 1. The van der Waals surface area contributed by atoms with Crippen molar-refractivity contribution < 1.29 is 19.2 Å². The van der Waals surface area contributed by atoms with Crippen LogP contribution < -0.4 is 14.8 Å². The molecule has 3 aromatic rings. The Morgan fingerprint density at radius 1 is 1.03 bits per heavy atom. The smallest absolute Gasteiger partial charge is 0.270 e. The second-order valence-corrected chi connectivity index (χ2v) is 10.00. The van der Waals surface area contributed by atoms with Gasteiger partial charge in [0.2, 0.25) is 0 Å². The van der Waals surface area contributed by atoms with Crippen LogP contribution in [0.3, 0.4) is 0 Å². The molecule has 35 heavy (non-hydrogen) atoms. The molecule has 0 fully saturated rings. The van der Waals surface area contributed by atoms with Gasteiger partial charge in [-0.2, -0.15) is 0 Å². The van der Waals surface area contributed by atoms with E-state index in [1.54, 1.807) is 18.2 Å². The zero-order chi connectivity index (χ0) is 24.9. The summed E-state index contributed by atoms with van der Waals surface area (Å²) in [6.07, 6.45) is 0.801. The number of non-ortho nitro benzene ring substituents is 1. The number of carbonyl (C=O) groups is 1. The molecule has 182 valence electrons. The summed E-state index contributed by atoms with van der Waals surface area (Å²) < 4.78 is 11.5. The molecule has 1 atom stereocenters. The molecule has 1 heterocycles. The summed E-state index contributed by atoms with van der Waals surface area (Å²) in [6, 6.07) is 16.8. The maximum Gasteiger partial charge on any atom is 0.270 e. The highest BCUT2D eigenvalue weighted by Crippen LogP contribution is 2.36. The van der Waals surface area contributed by atoms with E-state index in [1.165, 1.54) is 23.9 Å². The molecule has 0 aromatic heterocycles. The quantitative estimate of drug-likeness (QED) is 0.280. The summed E-state index contributed by atoms with van der Waals surface area (Å²) in [4.78, 5) is 25.9. The van der Waals surface area contributed by atoms with Gasteiger partial charge in [-0.05, 0) is 53.9 Å². The highest BCUT2D eigenvalue weighted by Gasteiger charge is 2.24. The van der Waals surface area contributed by atoms with Gasteiger partial charge < -0.3 is 14.8 Å². The third-order valence-corrected chi connectivity index (χ3v) is 6.88. The Hall–Kier alpha value is -3.23. The van der Waals surface area contributed by atoms with Crippen LogP contribution in [0.25, 0.3) is 0 Å². The summed E-state index contributed by atoms with van der Waals surface area (Å²) in [7, 11) is 0. The third-order valence-electron chi connectivity index (χ3n) is 5.54. The predicted octanol–water partition coefficient (Wildman–Crippen LogP) is 6.69. The Bertz CT molecular complexity index is 1230. The van der Waals surface area contributed by atoms with Crippen LogP contribution in [0, 0.1) is 16.0 Å². The molecule has 0 aliphatic carbocycles. The predicted molar refractivity (Wildman–Crippen MR) is 136 cm³/mol. The van der Waals surface area contributed by atoms with E-state index in [9.17, 15) is 14.9 Å². The largest absolute Gasteiger partial charge is 0.490 e. The number of carbonyl (C=O) groups excluding carboxylic acids is 1. The minimum absolute atomic E-state index is 0.0507. The van der Waals surface area contributed by atoms with Crippen molar-refractivity contribution in [3.63, 3.8) is 0 Å². The van der Waals surface area contributed by atoms with Gasteiger partial charge in [0.1, 0.15) is 0 Å². The Morgan fingerprint density at radius 2 is 1.74 bits per heavy atom. The van der Waals surface area contributed by atoms with Gasteiger partial charge in [0, 0.05) is 33.4 Å². The maximum atomic E-state index is 13.5. The molecule has 0 saturated heterocycles. The number of ether oxygens (including phenoxy) is 2. The number of nitrogens with zero attached hydrogens (tertiary/aromatic N) is 1. The van der Waals surface area contributed by atoms with Crippen molar-refractivity contribution in [1.29, 1.82) is 0 Å². The molecule has 1 amide bonds. The molecule has 1 aliphatic rings. The molecule has 0 unspecified atom stereocenters. The fourth-order valence-electron chi connectivity index (χ4n) is 3.75. The standard InChI is InChI=1S/C26H25ClN2O5S/c1-16(2)25(17-4-10-22-23(14-17)34-13-3-12-33-22)28-26(30)21-15-19(29(31)32)7-11-24(21)35-20-8-5-18(27)6-9-20/h4-11,14-16,25H,3,12-13H2,1-2H3,(H,28,30)/t25-/m1/s1. The van der Waals surface area contributed by atoms with E-state index in [1.807, 2.05) is 44.2 Å². The van der Waals surface area contributed by atoms with E-state index in [-0.39, 0.29) is 23.2 Å². The summed E-state index contributed by atoms with van der Waals surface area (Å²) in [6.45, 7) is 5.17. The Morgan fingerprint density at radius 3 is 2.43 bits per heavy atom. The van der Waals surface area contributed by atoms with Crippen LogP contribution in [-0.4, -0.2) is 24.0 Å². The first-order valence-corrected chi connectivity index (χ1v) is 12.4. The lowest BCUT2D eigenvalue weighted by molar-refractivity contribution is -0.384. The molecular weight excluding hydrogens is 488 g/mol. The molecule has 0 radical (unpaired) electrons. The van der Waals surface area contributed by atoms with Crippen LogP contribution in [0.1, 0.15) is 42.2 Å². The summed E-state index contributed by atoms with van der Waals surface area (Å²) in [5.74, 6) is 0.986. The Kier molecular flexibility index (Phi) is 7.83. The first-order chi connectivity index (χ1) is 16.8. The van der Waals surface area contributed by atoms with Crippen molar-refractivity contribution in [2.24, 2.45) is 5.92 Å². The molecule has 4 rings (SSSR count). The number of nitro benzene ring substituents is 1. The fourth-order valence-corrected chi connectivity index (χ4v) is 4.80. The van der Waals surface area contributed by atoms with E-state index in [4.69, 9.17) is 21.1 Å². The lowest BCUT2D eigenvalue weighted by Crippen LogP contribution is -2.32. The van der Waals surface area contributed by atoms with Crippen molar-refractivity contribution in [2.75, 3.05) is 13.2 Å². The Balaban J connectivity index is 1.64. The maximum absolute atomic E-state index is 13.5. The SMILES string of the molecule is CC(C)[C@@H](NC(=O)c1cc([N+](=O)[O-])ccc1Sc1ccc(Cl)cc1)c1ccc2c(c1)OCCCO2. The molecule has 7 nitrogen and oxygen atoms in total. The molecule has 1 aliphatic heterocycles. The number of hydrogen-bond acceptors (Lipinski definition) is 6. The van der Waals surface area contributed by atoms with Gasteiger partial charge in [0.25, 0.3) is 11.6 Å². The average molecular weight is 513 g/mol. The normalized spacial score (nSPS) is 13.7. The van der Waals surface area contributed by atoms with Gasteiger partial charge in [-0.25, -0.2) is 0 Å². The van der Waals surface area contributed by atoms with Gasteiger partial charge in [0.15, 0.2) is 11.5 Å². The number of halogens is 1. The van der Waals surface area contributed by atoms with Crippen molar-refractivity contribution in [3.05, 3.63) is 86.9 Å². The number of hydrogen-bond donors (Lipinski definition) is 1. The van der Waals surface area contributed by atoms with E-state index >= 15 is 0 Å². The van der Waals surface area contributed by atoms with E-state index in [0.717, 1.165) is 16.9 Å². The Labute approximate surface area is 212 Å². The monoisotopic (exact) mass is 512 g/mol. The van der Waals surface area contributed by atoms with E-state index < -0.39 is 10.8 Å². The highest BCUT2D eigenvalue weighted by molar-refractivity contribution is 7.99. The van der Waals surface area contributed by atoms with E-state index in [2.05, 4.69) is 5.32 Å². The van der Waals surface area contributed by atoms with E-state index in [0.29, 0.717) is 34.6 Å². The van der Waals surface area contributed by atoms with Gasteiger partial charge in [-0.3, -0.25) is 14.9 Å². The topological polar surface area (TPSA) is 90.7 Å². The first kappa shape index (κ1) is 24.9. The van der Waals surface area contributed by atoms with Crippen molar-refractivity contribution in [2.45, 2.75) is 36.1 Å². The van der Waals surface area contributed by atoms with Crippen molar-refractivity contribution in [1.82, 2.24) is 5.32 Å². The number of benzene rings is 3. The molecule has 0 spiro atoms. The van der Waals surface area contributed by atoms with Crippen LogP contribution in [0.2, 0.25) is 5.02 Å². The molecule has 0 bridgehead atoms. The van der Waals surface area contributed by atoms with Crippen LogP contribution in [0.5, 0.6) is 11.5 Å². The van der Waals surface area contributed by atoms with Gasteiger partial charge in [-0.15, -0.1) is 0 Å². The second kappa shape index (κ2) is 11.0. The second-order valence-electron chi connectivity index (χ2n) is 8.45. The van der Waals surface area contributed by atoms with Crippen LogP contribution in [0.15, 0.2) is 70.5 Å². The lowest BCUT2D eigenvalue weighted by Gasteiger charge is -2.24. The van der Waals surface area contributed by atoms with Crippen molar-refractivity contribution in [3.8, 4) is 11.5 Å². The van der Waals surface area contributed by atoms with Crippen LogP contribution >= 0.6 is 23.4 Å². The fraction of sp³-hybridized carbons (Fsp3) is 0.269. The number of fused-ring (bicyclic) bond motifs is 1. The average Bonchev–Trinajstić information content (AvgIpc) is 3.08. The third kappa shape index (κ3) is 6.07. The molecular formula is C26H25ClN2O5S. The lowest BCUT2D eigenvalue weighted by atomic mass is 9.95. The summed E-state index contributed by atoms with van der Waals surface area (Å²) in [5, 5.41) is 15.1. The molecule has 9 heteroatoms. The first-order valence-electron chi connectivity index (χ1n) is 11.2. The highest BCUT2D eigenvalue weighted by atomic mass is 35.5. The zero-order valence-electron chi connectivity index (χ0n) is 19.3. The summed E-state index contributed by atoms with van der Waals surface area (Å²) >= 11 is 7.33. The van der Waals surface area contributed by atoms with Crippen LogP contribution in [-0.2, 0) is 0 Å². The molecule has 3 aromatic carbocycles. The zero-order valence-corrected chi connectivity index (χ0v) is 20.9. The number of nitrogens with one attached hydrogen (secondary N) is 1. The minimum atomic E-state index is -0.503. The van der Waals surface area contributed by atoms with Gasteiger partial charge in [0.05, 0.1) is 29.7 Å². The van der Waals surface area contributed by atoms with Crippen molar-refractivity contribution >= 4 is 35.0 Å². The minimum Gasteiger partial charge on any atom is -0.490 e. The molecule has 0 saturated carbocycles. The number of nitro groups is 1. The number of rotatable bonds is 7.